The van der Waals surface area contributed by atoms with Crippen molar-refractivity contribution in [2.75, 3.05) is 0 Å². The summed E-state index contributed by atoms with van der Waals surface area (Å²) < 4.78 is 1.13. The van der Waals surface area contributed by atoms with E-state index in [1.54, 1.807) is 0 Å². The Kier molecular flexibility index (Phi) is 6.49. The molecule has 3 N–H and O–H groups in total. The van der Waals surface area contributed by atoms with Gasteiger partial charge >= 0.3 is 0 Å². The van der Waals surface area contributed by atoms with Crippen molar-refractivity contribution in [3.63, 3.8) is 0 Å². The van der Waals surface area contributed by atoms with Crippen molar-refractivity contribution in [3.05, 3.63) is 33.8 Å². The van der Waals surface area contributed by atoms with Gasteiger partial charge in [-0.1, -0.05) is 41.9 Å². The van der Waals surface area contributed by atoms with E-state index in [1.807, 2.05) is 12.1 Å². The van der Waals surface area contributed by atoms with E-state index in [0.29, 0.717) is 5.92 Å². The van der Waals surface area contributed by atoms with Crippen LogP contribution in [-0.2, 0) is 11.2 Å². The number of nitrogens with one attached hydrogen (secondary N) is 1. The normalized spacial score (nSPS) is 18.4. The van der Waals surface area contributed by atoms with Crippen LogP contribution in [0.25, 0.3) is 0 Å². The largest absolute Gasteiger partial charge is 0.348 e. The van der Waals surface area contributed by atoms with Crippen LogP contribution in [-0.4, -0.2) is 11.9 Å². The highest BCUT2D eigenvalue weighted by Gasteiger charge is 2.27. The second kappa shape index (κ2) is 7.43. The molecule has 1 aliphatic carbocycles. The maximum absolute atomic E-state index is 12.1. The molecule has 0 aliphatic heterocycles. The lowest BCUT2D eigenvalue weighted by atomic mass is 10.0. The van der Waals surface area contributed by atoms with E-state index in [4.69, 9.17) is 5.73 Å². The highest BCUT2D eigenvalue weighted by molar-refractivity contribution is 9.10. The van der Waals surface area contributed by atoms with Crippen LogP contribution in [0.3, 0.4) is 0 Å². The molecular weight excluding hydrogens is 340 g/mol. The SMILES string of the molecule is CC(C)C[C@H](N)C(=O)NC1CCc2c(Br)cccc21.Cl. The Hall–Kier alpha value is -0.580. The van der Waals surface area contributed by atoms with E-state index in [2.05, 4.69) is 41.2 Å². The number of carbonyl (C=O) groups is 1. The Morgan fingerprint density at radius 2 is 2.20 bits per heavy atom. The number of amides is 1. The van der Waals surface area contributed by atoms with Gasteiger partial charge in [-0.2, -0.15) is 0 Å². The first-order valence-corrected chi connectivity index (χ1v) is 7.61. The molecule has 1 aliphatic rings. The van der Waals surface area contributed by atoms with E-state index < -0.39 is 6.04 Å². The summed E-state index contributed by atoms with van der Waals surface area (Å²) >= 11 is 3.57. The molecule has 1 aromatic carbocycles. The van der Waals surface area contributed by atoms with Gasteiger partial charge in [0.1, 0.15) is 0 Å². The number of carbonyl (C=O) groups excluding carboxylic acids is 1. The van der Waals surface area contributed by atoms with E-state index in [1.165, 1.54) is 11.1 Å². The molecule has 2 rings (SSSR count). The van der Waals surface area contributed by atoms with Crippen LogP contribution in [0.1, 0.15) is 43.9 Å². The summed E-state index contributed by atoms with van der Waals surface area (Å²) in [4.78, 5) is 12.1. The molecule has 0 saturated carbocycles. The van der Waals surface area contributed by atoms with Crippen LogP contribution in [0.2, 0.25) is 0 Å². The fourth-order valence-electron chi connectivity index (χ4n) is 2.65. The van der Waals surface area contributed by atoms with Crippen LogP contribution in [0.5, 0.6) is 0 Å². The second-order valence-electron chi connectivity index (χ2n) is 5.64. The topological polar surface area (TPSA) is 55.1 Å². The molecule has 0 radical (unpaired) electrons. The number of hydrogen-bond donors (Lipinski definition) is 2. The average Bonchev–Trinajstić information content (AvgIpc) is 2.73. The maximum atomic E-state index is 12.1. The van der Waals surface area contributed by atoms with E-state index in [-0.39, 0.29) is 24.4 Å². The molecule has 0 saturated heterocycles. The number of rotatable bonds is 4. The van der Waals surface area contributed by atoms with E-state index in [0.717, 1.165) is 23.7 Å². The lowest BCUT2D eigenvalue weighted by molar-refractivity contribution is -0.123. The Balaban J connectivity index is 0.00000200. The first-order valence-electron chi connectivity index (χ1n) is 6.82. The molecule has 112 valence electrons. The molecule has 20 heavy (non-hydrogen) atoms. The fraction of sp³-hybridized carbons (Fsp3) is 0.533. The number of benzene rings is 1. The molecule has 1 unspecified atom stereocenters. The summed E-state index contributed by atoms with van der Waals surface area (Å²) in [5.74, 6) is 0.400. The Labute approximate surface area is 135 Å². The lowest BCUT2D eigenvalue weighted by Crippen LogP contribution is -2.42. The average molecular weight is 362 g/mol. The van der Waals surface area contributed by atoms with Gasteiger partial charge < -0.3 is 11.1 Å². The molecule has 0 spiro atoms. The summed E-state index contributed by atoms with van der Waals surface area (Å²) in [5, 5.41) is 3.08. The highest BCUT2D eigenvalue weighted by Crippen LogP contribution is 2.35. The van der Waals surface area contributed by atoms with Gasteiger partial charge in [-0.15, -0.1) is 12.4 Å². The third-order valence-electron chi connectivity index (χ3n) is 3.59. The van der Waals surface area contributed by atoms with Crippen molar-refractivity contribution >= 4 is 34.2 Å². The molecule has 0 aromatic heterocycles. The van der Waals surface area contributed by atoms with Gasteiger partial charge in [-0.25, -0.2) is 0 Å². The van der Waals surface area contributed by atoms with Gasteiger partial charge in [0.2, 0.25) is 5.91 Å². The maximum Gasteiger partial charge on any atom is 0.237 e. The molecule has 0 bridgehead atoms. The second-order valence-corrected chi connectivity index (χ2v) is 6.50. The molecule has 1 amide bonds. The number of fused-ring (bicyclic) bond motifs is 1. The zero-order valence-corrected chi connectivity index (χ0v) is 14.3. The zero-order valence-electron chi connectivity index (χ0n) is 11.9. The molecular formula is C15H22BrClN2O. The van der Waals surface area contributed by atoms with Crippen molar-refractivity contribution in [2.24, 2.45) is 11.7 Å². The zero-order chi connectivity index (χ0) is 14.0. The Bertz CT molecular complexity index is 479. The molecule has 1 aromatic rings. The van der Waals surface area contributed by atoms with Crippen molar-refractivity contribution in [2.45, 2.75) is 45.2 Å². The highest BCUT2D eigenvalue weighted by atomic mass is 79.9. The van der Waals surface area contributed by atoms with Crippen LogP contribution in [0, 0.1) is 5.92 Å². The summed E-state index contributed by atoms with van der Waals surface area (Å²) in [5.41, 5.74) is 8.46. The van der Waals surface area contributed by atoms with Gasteiger partial charge in [-0.05, 0) is 42.4 Å². The quantitative estimate of drug-likeness (QED) is 0.864. The van der Waals surface area contributed by atoms with Gasteiger partial charge in [0, 0.05) is 4.47 Å². The monoisotopic (exact) mass is 360 g/mol. The molecule has 3 nitrogen and oxygen atoms in total. The molecule has 2 atom stereocenters. The summed E-state index contributed by atoms with van der Waals surface area (Å²) in [6.45, 7) is 4.16. The van der Waals surface area contributed by atoms with Crippen molar-refractivity contribution in [1.29, 1.82) is 0 Å². The van der Waals surface area contributed by atoms with Crippen molar-refractivity contribution in [1.82, 2.24) is 5.32 Å². The van der Waals surface area contributed by atoms with Crippen LogP contribution < -0.4 is 11.1 Å². The fourth-order valence-corrected chi connectivity index (χ4v) is 3.23. The number of hydrogen-bond acceptors (Lipinski definition) is 2. The van der Waals surface area contributed by atoms with E-state index >= 15 is 0 Å². The summed E-state index contributed by atoms with van der Waals surface area (Å²) in [6.07, 6.45) is 2.68. The summed E-state index contributed by atoms with van der Waals surface area (Å²) in [6, 6.07) is 5.86. The first-order chi connectivity index (χ1) is 8.99. The minimum Gasteiger partial charge on any atom is -0.348 e. The molecule has 0 fully saturated rings. The summed E-state index contributed by atoms with van der Waals surface area (Å²) in [7, 11) is 0. The predicted molar refractivity (Wildman–Crippen MR) is 88.0 cm³/mol. The van der Waals surface area contributed by atoms with E-state index in [9.17, 15) is 4.79 Å². The first kappa shape index (κ1) is 17.5. The third kappa shape index (κ3) is 3.96. The molecule has 5 heteroatoms. The Morgan fingerprint density at radius 1 is 1.50 bits per heavy atom. The molecule has 0 heterocycles. The number of nitrogens with two attached hydrogens (primary N) is 1. The van der Waals surface area contributed by atoms with Gasteiger partial charge in [0.15, 0.2) is 0 Å². The van der Waals surface area contributed by atoms with Crippen molar-refractivity contribution in [3.8, 4) is 0 Å². The van der Waals surface area contributed by atoms with Crippen LogP contribution in [0.4, 0.5) is 0 Å². The van der Waals surface area contributed by atoms with Gasteiger partial charge in [-0.3, -0.25) is 4.79 Å². The lowest BCUT2D eigenvalue weighted by Gasteiger charge is -2.19. The minimum atomic E-state index is -0.406. The number of halogens is 2. The minimum absolute atomic E-state index is 0. The third-order valence-corrected chi connectivity index (χ3v) is 4.34. The predicted octanol–water partition coefficient (Wildman–Crippen LogP) is 3.35. The van der Waals surface area contributed by atoms with Crippen LogP contribution >= 0.6 is 28.3 Å². The van der Waals surface area contributed by atoms with Gasteiger partial charge in [0.25, 0.3) is 0 Å². The van der Waals surface area contributed by atoms with Gasteiger partial charge in [0.05, 0.1) is 12.1 Å². The smallest absolute Gasteiger partial charge is 0.237 e. The standard InChI is InChI=1S/C15H21BrN2O.ClH/c1-9(2)8-13(17)15(19)18-14-7-6-10-11(14)4-3-5-12(10)16;/h3-5,9,13-14H,6-8,17H2,1-2H3,(H,18,19);1H/t13-,14?;/m0./s1. The van der Waals surface area contributed by atoms with Crippen molar-refractivity contribution < 1.29 is 4.79 Å². The van der Waals surface area contributed by atoms with Crippen LogP contribution in [0.15, 0.2) is 22.7 Å². The Morgan fingerprint density at radius 3 is 2.85 bits per heavy atom.